The highest BCUT2D eigenvalue weighted by molar-refractivity contribution is 6.30. The summed E-state index contributed by atoms with van der Waals surface area (Å²) in [6.45, 7) is -0.124. The van der Waals surface area contributed by atoms with Gasteiger partial charge in [0.05, 0.1) is 19.3 Å². The minimum absolute atomic E-state index is 0.0299. The predicted molar refractivity (Wildman–Crippen MR) is 171 cm³/mol. The molecule has 0 radical (unpaired) electrons. The number of amides is 1. The van der Waals surface area contributed by atoms with Crippen LogP contribution in [0.3, 0.4) is 0 Å². The minimum atomic E-state index is -4.63. The maximum atomic E-state index is 13.0. The summed E-state index contributed by atoms with van der Waals surface area (Å²) in [5.74, 6) is -1.81. The van der Waals surface area contributed by atoms with Crippen LogP contribution in [0.5, 0.6) is 11.8 Å². The van der Waals surface area contributed by atoms with Gasteiger partial charge in [-0.15, -0.1) is 0 Å². The third kappa shape index (κ3) is 8.53. The molecule has 1 aliphatic rings. The van der Waals surface area contributed by atoms with Gasteiger partial charge in [-0.05, 0) is 61.7 Å². The number of ether oxygens (including phenoxy) is 3. The lowest BCUT2D eigenvalue weighted by atomic mass is 10.1. The third-order valence-corrected chi connectivity index (χ3v) is 7.56. The molecule has 49 heavy (non-hydrogen) atoms. The van der Waals surface area contributed by atoms with Crippen molar-refractivity contribution >= 4 is 46.7 Å². The first kappa shape index (κ1) is 34.9. The van der Waals surface area contributed by atoms with E-state index in [9.17, 15) is 32.3 Å². The van der Waals surface area contributed by atoms with Crippen molar-refractivity contribution in [2.24, 2.45) is 0 Å². The van der Waals surface area contributed by atoms with Gasteiger partial charge in [-0.2, -0.15) is 28.1 Å². The molecule has 1 atom stereocenters. The van der Waals surface area contributed by atoms with Crippen LogP contribution in [-0.4, -0.2) is 65.9 Å². The smallest absolute Gasteiger partial charge is 0.422 e. The molecule has 0 saturated heterocycles. The number of carbonyl (C=O) groups is 2. The number of nitrogens with zero attached hydrogens (tertiary/aromatic N) is 3. The van der Waals surface area contributed by atoms with E-state index in [1.165, 1.54) is 24.3 Å². The van der Waals surface area contributed by atoms with Gasteiger partial charge in [0, 0.05) is 22.8 Å². The number of anilines is 4. The first-order valence-corrected chi connectivity index (χ1v) is 15.1. The second-order valence-corrected chi connectivity index (χ2v) is 11.2. The van der Waals surface area contributed by atoms with Crippen molar-refractivity contribution in [3.63, 3.8) is 0 Å². The molecule has 0 aliphatic heterocycles. The summed E-state index contributed by atoms with van der Waals surface area (Å²) in [5.41, 5.74) is -0.899. The van der Waals surface area contributed by atoms with Crippen molar-refractivity contribution < 1.29 is 37.0 Å². The zero-order valence-corrected chi connectivity index (χ0v) is 26.7. The van der Waals surface area contributed by atoms with Crippen LogP contribution >= 0.6 is 11.6 Å². The SMILES string of the molecule is CCOc1c(NCC(NC(=O)c2ccc(Nc3nc(NC4(c5ccc(Cl)cc5)CC4)nc(OCC(F)(F)F)n3)cc2)C(=O)OC)c(=O)c1=O. The van der Waals surface area contributed by atoms with E-state index in [1.807, 2.05) is 12.1 Å². The monoisotopic (exact) mass is 703 g/mol. The van der Waals surface area contributed by atoms with Crippen molar-refractivity contribution in [1.29, 1.82) is 0 Å². The topological polar surface area (TPSA) is 183 Å². The molecule has 1 aromatic heterocycles. The molecule has 1 fully saturated rings. The molecule has 5 rings (SSSR count). The Bertz CT molecular complexity index is 1900. The largest absolute Gasteiger partial charge is 0.488 e. The lowest BCUT2D eigenvalue weighted by molar-refractivity contribution is -0.154. The van der Waals surface area contributed by atoms with Gasteiger partial charge in [-0.1, -0.05) is 23.7 Å². The van der Waals surface area contributed by atoms with Gasteiger partial charge >= 0.3 is 18.2 Å². The van der Waals surface area contributed by atoms with E-state index in [1.54, 1.807) is 19.1 Å². The number of esters is 1. The lowest BCUT2D eigenvalue weighted by Crippen LogP contribution is -2.47. The van der Waals surface area contributed by atoms with Crippen LogP contribution in [0.2, 0.25) is 5.02 Å². The summed E-state index contributed by atoms with van der Waals surface area (Å²) < 4.78 is 53.4. The molecule has 1 amide bonds. The number of benzene rings is 2. The Kier molecular flexibility index (Phi) is 10.2. The minimum Gasteiger partial charge on any atom is -0.488 e. The van der Waals surface area contributed by atoms with Gasteiger partial charge in [0.25, 0.3) is 16.8 Å². The van der Waals surface area contributed by atoms with E-state index in [-0.39, 0.29) is 42.0 Å². The molecule has 1 unspecified atom stereocenters. The first-order chi connectivity index (χ1) is 23.3. The van der Waals surface area contributed by atoms with Crippen molar-refractivity contribution in [2.45, 2.75) is 37.5 Å². The predicted octanol–water partition coefficient (Wildman–Crippen LogP) is 3.69. The van der Waals surface area contributed by atoms with Crippen LogP contribution in [0.4, 0.5) is 36.4 Å². The number of halogens is 4. The molecule has 1 saturated carbocycles. The number of rotatable bonds is 15. The van der Waals surface area contributed by atoms with Crippen molar-refractivity contribution in [1.82, 2.24) is 20.3 Å². The molecule has 0 spiro atoms. The standard InChI is InChI=1S/C31H29ClF3N7O7/c1-3-48-24-21(22(43)23(24)44)36-14-20(26(46)47-2)38-25(45)16-4-10-19(11-5-16)37-27-39-28(41-29(40-27)49-15-31(33,34)35)42-30(12-13-30)17-6-8-18(32)9-7-17/h4-11,20,36H,3,12-15H2,1-2H3,(H,38,45)(H2,37,39,40,41,42). The van der Waals surface area contributed by atoms with Crippen LogP contribution in [0.25, 0.3) is 0 Å². The lowest BCUT2D eigenvalue weighted by Gasteiger charge is -2.19. The van der Waals surface area contributed by atoms with E-state index < -0.39 is 53.1 Å². The molecule has 1 aliphatic carbocycles. The van der Waals surface area contributed by atoms with E-state index in [2.05, 4.69) is 36.2 Å². The number of hydrogen-bond acceptors (Lipinski definition) is 13. The fourth-order valence-corrected chi connectivity index (χ4v) is 4.83. The van der Waals surface area contributed by atoms with Crippen molar-refractivity contribution in [3.05, 3.63) is 85.1 Å². The van der Waals surface area contributed by atoms with Crippen LogP contribution < -0.4 is 41.6 Å². The van der Waals surface area contributed by atoms with Gasteiger partial charge in [0.1, 0.15) is 11.7 Å². The molecular formula is C31H29ClF3N7O7. The molecule has 14 nitrogen and oxygen atoms in total. The summed E-state index contributed by atoms with van der Waals surface area (Å²) in [6, 6.07) is 11.1. The molecule has 4 N–H and O–H groups in total. The Hall–Kier alpha value is -5.45. The summed E-state index contributed by atoms with van der Waals surface area (Å²) in [6.07, 6.45) is -3.21. The Balaban J connectivity index is 1.28. The van der Waals surface area contributed by atoms with Gasteiger partial charge in [0.15, 0.2) is 12.4 Å². The molecule has 18 heteroatoms. The van der Waals surface area contributed by atoms with E-state index >= 15 is 0 Å². The second kappa shape index (κ2) is 14.3. The van der Waals surface area contributed by atoms with Gasteiger partial charge < -0.3 is 35.5 Å². The summed E-state index contributed by atoms with van der Waals surface area (Å²) >= 11 is 6.01. The Labute approximate surface area is 281 Å². The molecule has 258 valence electrons. The average Bonchev–Trinajstić information content (AvgIpc) is 3.86. The highest BCUT2D eigenvalue weighted by Crippen LogP contribution is 2.48. The van der Waals surface area contributed by atoms with E-state index in [0.717, 1.165) is 12.7 Å². The summed E-state index contributed by atoms with van der Waals surface area (Å²) in [5, 5.41) is 11.7. The number of carbonyl (C=O) groups excluding carboxylic acids is 2. The number of aromatic nitrogens is 3. The highest BCUT2D eigenvalue weighted by atomic mass is 35.5. The fourth-order valence-electron chi connectivity index (χ4n) is 4.70. The van der Waals surface area contributed by atoms with E-state index in [0.29, 0.717) is 23.6 Å². The molecule has 4 aromatic rings. The molecule has 1 heterocycles. The molecule has 0 bridgehead atoms. The van der Waals surface area contributed by atoms with Crippen LogP contribution in [-0.2, 0) is 15.1 Å². The molecular weight excluding hydrogens is 675 g/mol. The normalized spacial score (nSPS) is 14.0. The Morgan fingerprint density at radius 3 is 2.24 bits per heavy atom. The van der Waals surface area contributed by atoms with Crippen LogP contribution in [0.15, 0.2) is 58.1 Å². The maximum absolute atomic E-state index is 13.0. The highest BCUT2D eigenvalue weighted by Gasteiger charge is 2.45. The second-order valence-electron chi connectivity index (χ2n) is 10.8. The van der Waals surface area contributed by atoms with Gasteiger partial charge in [-0.3, -0.25) is 14.4 Å². The molecule has 3 aromatic carbocycles. The van der Waals surface area contributed by atoms with Gasteiger partial charge in [-0.25, -0.2) is 4.79 Å². The first-order valence-electron chi connectivity index (χ1n) is 14.8. The summed E-state index contributed by atoms with van der Waals surface area (Å²) in [4.78, 5) is 61.3. The third-order valence-electron chi connectivity index (χ3n) is 7.31. The average molecular weight is 704 g/mol. The van der Waals surface area contributed by atoms with Crippen molar-refractivity contribution in [2.75, 3.05) is 42.8 Å². The van der Waals surface area contributed by atoms with Crippen LogP contribution in [0, 0.1) is 0 Å². The van der Waals surface area contributed by atoms with Crippen LogP contribution in [0.1, 0.15) is 35.7 Å². The van der Waals surface area contributed by atoms with E-state index in [4.69, 9.17) is 25.8 Å². The Morgan fingerprint density at radius 1 is 0.959 bits per heavy atom. The summed E-state index contributed by atoms with van der Waals surface area (Å²) in [7, 11) is 1.12. The number of nitrogens with one attached hydrogen (secondary N) is 4. The fraction of sp³-hybridized carbons (Fsp3) is 0.323. The number of hydrogen-bond donors (Lipinski definition) is 4. The zero-order valence-electron chi connectivity index (χ0n) is 25.9. The maximum Gasteiger partial charge on any atom is 0.422 e. The number of alkyl halides is 3. The van der Waals surface area contributed by atoms with Gasteiger partial charge in [0.2, 0.25) is 11.9 Å². The number of methoxy groups -OCH3 is 1. The Morgan fingerprint density at radius 2 is 1.63 bits per heavy atom. The quantitative estimate of drug-likeness (QED) is 0.104. The zero-order chi connectivity index (χ0) is 35.3. The van der Waals surface area contributed by atoms with Crippen molar-refractivity contribution in [3.8, 4) is 11.8 Å².